The number of nitrogen functional groups attached to an aromatic ring is 1. The van der Waals surface area contributed by atoms with Crippen molar-refractivity contribution in [2.45, 2.75) is 25.1 Å². The van der Waals surface area contributed by atoms with Crippen LogP contribution in [-0.2, 0) is 0 Å². The van der Waals surface area contributed by atoms with Crippen LogP contribution in [0, 0.1) is 5.82 Å². The number of nitrogens with zero attached hydrogens (tertiary/aromatic N) is 1. The molecule has 0 radical (unpaired) electrons. The van der Waals surface area contributed by atoms with E-state index in [0.717, 1.165) is 6.07 Å². The highest BCUT2D eigenvalue weighted by Gasteiger charge is 2.41. The zero-order chi connectivity index (χ0) is 28.3. The second kappa shape index (κ2) is 11.5. The van der Waals surface area contributed by atoms with Gasteiger partial charge >= 0.3 is 6.18 Å². The number of hydrogen-bond acceptors (Lipinski definition) is 4. The largest absolute Gasteiger partial charge is 0.482 e. The van der Waals surface area contributed by atoms with E-state index in [1.807, 2.05) is 0 Å². The molecule has 0 bridgehead atoms. The average molecular weight is 581 g/mol. The summed E-state index contributed by atoms with van der Waals surface area (Å²) in [7, 11) is 0. The fourth-order valence-corrected chi connectivity index (χ4v) is 4.62. The molecule has 12 heteroatoms. The Morgan fingerprint density at radius 1 is 1.13 bits per heavy atom. The summed E-state index contributed by atoms with van der Waals surface area (Å²) in [5.41, 5.74) is 7.58. The third kappa shape index (κ3) is 6.46. The van der Waals surface area contributed by atoms with Crippen molar-refractivity contribution in [3.63, 3.8) is 0 Å². The number of carbonyl (C=O) groups excluding carboxylic acids is 1. The number of ether oxygens (including phenoxy) is 1. The number of halogens is 6. The van der Waals surface area contributed by atoms with Gasteiger partial charge in [-0.25, -0.2) is 9.37 Å². The molecule has 2 aromatic heterocycles. The van der Waals surface area contributed by atoms with Gasteiger partial charge in [-0.3, -0.25) is 4.79 Å². The Morgan fingerprint density at radius 2 is 1.85 bits per heavy atom. The fraction of sp³-hybridized carbons (Fsp3) is 0.185. The van der Waals surface area contributed by atoms with Crippen molar-refractivity contribution in [3.05, 3.63) is 99.7 Å². The molecule has 0 aliphatic rings. The molecule has 0 spiro atoms. The van der Waals surface area contributed by atoms with Gasteiger partial charge in [0.2, 0.25) is 0 Å². The number of alkyl halides is 3. The number of benzene rings is 2. The molecule has 4 N–H and O–H groups in total. The second-order valence-corrected chi connectivity index (χ2v) is 9.42. The van der Waals surface area contributed by atoms with Crippen LogP contribution in [0.2, 0.25) is 10.0 Å². The molecule has 39 heavy (non-hydrogen) atoms. The van der Waals surface area contributed by atoms with Gasteiger partial charge in [-0.15, -0.1) is 0 Å². The first-order chi connectivity index (χ1) is 18.5. The number of aromatic amines is 1. The minimum absolute atomic E-state index is 0.0386. The van der Waals surface area contributed by atoms with Crippen molar-refractivity contribution in [2.75, 3.05) is 12.3 Å². The summed E-state index contributed by atoms with van der Waals surface area (Å²) in [6, 6.07) is 13.1. The molecule has 2 aromatic carbocycles. The van der Waals surface area contributed by atoms with Crippen LogP contribution in [0.1, 0.15) is 40.6 Å². The summed E-state index contributed by atoms with van der Waals surface area (Å²) in [5, 5.41) is 2.40. The Labute approximate surface area is 231 Å². The highest BCUT2D eigenvalue weighted by Crippen LogP contribution is 2.37. The standard InChI is InChI=1S/C27H22Cl2F4N4O2/c1-14(23-19(28)8-9-20(30)24(23)29)39-22-11-17(12-36-25(22)34)15-4-6-16(7-5-15)26(38)37-13-18(27(31,32)33)21-3-2-10-35-21/h2-12,14,18,35H,13H2,1H3,(H2,34,36)(H,37,38). The lowest BCUT2D eigenvalue weighted by molar-refractivity contribution is -0.149. The van der Waals surface area contributed by atoms with Gasteiger partial charge in [-0.05, 0) is 55.0 Å². The number of aromatic nitrogens is 2. The Morgan fingerprint density at radius 3 is 2.49 bits per heavy atom. The van der Waals surface area contributed by atoms with Crippen molar-refractivity contribution in [3.8, 4) is 16.9 Å². The number of nitrogens with two attached hydrogens (primary N) is 1. The lowest BCUT2D eigenvalue weighted by Gasteiger charge is -2.20. The molecule has 2 atom stereocenters. The van der Waals surface area contributed by atoms with E-state index < -0.39 is 36.5 Å². The smallest absolute Gasteiger partial charge is 0.398 e. The van der Waals surface area contributed by atoms with E-state index in [1.54, 1.807) is 25.1 Å². The van der Waals surface area contributed by atoms with Gasteiger partial charge in [0.15, 0.2) is 11.6 Å². The van der Waals surface area contributed by atoms with Gasteiger partial charge < -0.3 is 20.8 Å². The first-order valence-electron chi connectivity index (χ1n) is 11.6. The van der Waals surface area contributed by atoms with Crippen LogP contribution in [0.5, 0.6) is 5.75 Å². The van der Waals surface area contributed by atoms with Crippen LogP contribution >= 0.6 is 23.2 Å². The molecule has 1 amide bonds. The third-order valence-corrected chi connectivity index (χ3v) is 6.72. The van der Waals surface area contributed by atoms with E-state index in [4.69, 9.17) is 33.7 Å². The van der Waals surface area contributed by atoms with Crippen LogP contribution in [0.15, 0.2) is 67.0 Å². The number of anilines is 1. The number of amides is 1. The van der Waals surface area contributed by atoms with Gasteiger partial charge in [0.25, 0.3) is 5.91 Å². The predicted octanol–water partition coefficient (Wildman–Crippen LogP) is 7.32. The quantitative estimate of drug-likeness (QED) is 0.150. The molecule has 204 valence electrons. The highest BCUT2D eigenvalue weighted by molar-refractivity contribution is 6.36. The summed E-state index contributed by atoms with van der Waals surface area (Å²) in [6.07, 6.45) is -2.41. The predicted molar refractivity (Wildman–Crippen MR) is 141 cm³/mol. The first kappa shape index (κ1) is 28.3. The monoisotopic (exact) mass is 580 g/mol. The molecule has 2 heterocycles. The van der Waals surface area contributed by atoms with Gasteiger partial charge in [0.1, 0.15) is 17.8 Å². The van der Waals surface area contributed by atoms with Crippen LogP contribution in [0.4, 0.5) is 23.4 Å². The van der Waals surface area contributed by atoms with Crippen LogP contribution in [0.3, 0.4) is 0 Å². The van der Waals surface area contributed by atoms with E-state index in [2.05, 4.69) is 15.3 Å². The summed E-state index contributed by atoms with van der Waals surface area (Å²) >= 11 is 12.3. The number of hydrogen-bond donors (Lipinski definition) is 3. The van der Waals surface area contributed by atoms with Crippen molar-refractivity contribution in [2.24, 2.45) is 0 Å². The topological polar surface area (TPSA) is 93.0 Å². The van der Waals surface area contributed by atoms with E-state index in [0.29, 0.717) is 11.1 Å². The normalized spacial score (nSPS) is 13.1. The molecule has 4 rings (SSSR count). The van der Waals surface area contributed by atoms with Crippen molar-refractivity contribution < 1.29 is 27.1 Å². The minimum Gasteiger partial charge on any atom is -0.482 e. The van der Waals surface area contributed by atoms with Crippen molar-refractivity contribution >= 4 is 34.9 Å². The zero-order valence-electron chi connectivity index (χ0n) is 20.3. The van der Waals surface area contributed by atoms with Crippen molar-refractivity contribution in [1.82, 2.24) is 15.3 Å². The van der Waals surface area contributed by atoms with Gasteiger partial charge in [0.05, 0.1) is 5.02 Å². The second-order valence-electron chi connectivity index (χ2n) is 8.63. The Kier molecular flexibility index (Phi) is 8.36. The van der Waals surface area contributed by atoms with Crippen LogP contribution in [0.25, 0.3) is 11.1 Å². The Balaban J connectivity index is 1.48. The first-order valence-corrected chi connectivity index (χ1v) is 12.4. The lowest BCUT2D eigenvalue weighted by Crippen LogP contribution is -2.35. The fourth-order valence-electron chi connectivity index (χ4n) is 3.95. The zero-order valence-corrected chi connectivity index (χ0v) is 21.8. The maximum absolute atomic E-state index is 14.0. The van der Waals surface area contributed by atoms with E-state index in [1.165, 1.54) is 42.7 Å². The number of nitrogens with one attached hydrogen (secondary N) is 2. The van der Waals surface area contributed by atoms with Gasteiger partial charge in [-0.2, -0.15) is 13.2 Å². The molecular formula is C27H22Cl2F4N4O2. The SMILES string of the molecule is CC(Oc1cc(-c2ccc(C(=O)NCC(c3ccc[nH]3)C(F)(F)F)cc2)cnc1N)c1c(Cl)ccc(F)c1Cl. The molecule has 0 fully saturated rings. The number of H-pyrrole nitrogens is 1. The molecule has 4 aromatic rings. The molecule has 0 aliphatic heterocycles. The number of carbonyl (C=O) groups is 1. The summed E-state index contributed by atoms with van der Waals surface area (Å²) in [6.45, 7) is 1.01. The number of rotatable bonds is 8. The molecule has 0 saturated carbocycles. The average Bonchev–Trinajstić information content (AvgIpc) is 3.41. The molecule has 6 nitrogen and oxygen atoms in total. The van der Waals surface area contributed by atoms with Gasteiger partial charge in [0, 0.05) is 46.3 Å². The maximum atomic E-state index is 14.0. The lowest BCUT2D eigenvalue weighted by atomic mass is 10.0. The maximum Gasteiger partial charge on any atom is 0.398 e. The van der Waals surface area contributed by atoms with Crippen LogP contribution < -0.4 is 15.8 Å². The van der Waals surface area contributed by atoms with Gasteiger partial charge in [-0.1, -0.05) is 35.3 Å². The highest BCUT2D eigenvalue weighted by atomic mass is 35.5. The molecule has 2 unspecified atom stereocenters. The molecule has 0 saturated heterocycles. The van der Waals surface area contributed by atoms with Crippen molar-refractivity contribution in [1.29, 1.82) is 0 Å². The van der Waals surface area contributed by atoms with E-state index >= 15 is 0 Å². The summed E-state index contributed by atoms with van der Waals surface area (Å²) in [4.78, 5) is 19.2. The minimum atomic E-state index is -4.53. The van der Waals surface area contributed by atoms with E-state index in [9.17, 15) is 22.4 Å². The molecule has 0 aliphatic carbocycles. The molecular weight excluding hydrogens is 559 g/mol. The van der Waals surface area contributed by atoms with Crippen LogP contribution in [-0.4, -0.2) is 28.6 Å². The number of pyridine rings is 1. The summed E-state index contributed by atoms with van der Waals surface area (Å²) < 4.78 is 60.2. The Bertz CT molecular complexity index is 1460. The Hall–Kier alpha value is -3.76. The third-order valence-electron chi connectivity index (χ3n) is 6.01. The summed E-state index contributed by atoms with van der Waals surface area (Å²) in [5.74, 6) is -2.89. The van der Waals surface area contributed by atoms with E-state index in [-0.39, 0.29) is 38.4 Å².